The van der Waals surface area contributed by atoms with E-state index < -0.39 is 22.0 Å². The molecule has 1 saturated heterocycles. The van der Waals surface area contributed by atoms with Crippen molar-refractivity contribution in [2.45, 2.75) is 24.6 Å². The van der Waals surface area contributed by atoms with Crippen molar-refractivity contribution in [2.24, 2.45) is 5.73 Å². The van der Waals surface area contributed by atoms with Gasteiger partial charge in [0.15, 0.2) is 0 Å². The average Bonchev–Trinajstić information content (AvgIpc) is 2.82. The first kappa shape index (κ1) is 13.8. The number of benzene rings is 1. The summed E-state index contributed by atoms with van der Waals surface area (Å²) in [4.78, 5) is 11.3. The van der Waals surface area contributed by atoms with Crippen molar-refractivity contribution in [3.63, 3.8) is 0 Å². The highest BCUT2D eigenvalue weighted by molar-refractivity contribution is 7.88. The van der Waals surface area contributed by atoms with E-state index in [1.54, 1.807) is 24.3 Å². The smallest absolute Gasteiger partial charge is 0.235 e. The topological polar surface area (TPSA) is 106 Å². The fourth-order valence-electron chi connectivity index (χ4n) is 2.26. The van der Waals surface area contributed by atoms with Crippen molar-refractivity contribution in [3.05, 3.63) is 29.8 Å². The highest BCUT2D eigenvalue weighted by atomic mass is 32.2. The molecule has 104 valence electrons. The molecule has 1 aromatic carbocycles. The lowest BCUT2D eigenvalue weighted by Gasteiger charge is -2.21. The second kappa shape index (κ2) is 5.18. The maximum Gasteiger partial charge on any atom is 0.235 e. The van der Waals surface area contributed by atoms with E-state index in [4.69, 9.17) is 11.5 Å². The number of nitrogens with two attached hydrogens (primary N) is 2. The predicted octanol–water partition coefficient (Wildman–Crippen LogP) is 0.0483. The Labute approximate surface area is 112 Å². The van der Waals surface area contributed by atoms with Crippen molar-refractivity contribution in [3.8, 4) is 0 Å². The molecule has 0 radical (unpaired) electrons. The molecule has 2 rings (SSSR count). The second-order valence-corrected chi connectivity index (χ2v) is 6.59. The van der Waals surface area contributed by atoms with E-state index in [2.05, 4.69) is 0 Å². The number of anilines is 1. The lowest BCUT2D eigenvalue weighted by atomic mass is 10.2. The Bertz CT molecular complexity index is 568. The molecule has 1 amide bonds. The molecule has 1 aliphatic rings. The summed E-state index contributed by atoms with van der Waals surface area (Å²) in [5.74, 6) is -0.727. The molecule has 7 heteroatoms. The van der Waals surface area contributed by atoms with Gasteiger partial charge >= 0.3 is 0 Å². The number of sulfonamides is 1. The number of nitrogens with zero attached hydrogens (tertiary/aromatic N) is 1. The van der Waals surface area contributed by atoms with Gasteiger partial charge in [0, 0.05) is 12.2 Å². The highest BCUT2D eigenvalue weighted by Crippen LogP contribution is 2.23. The molecule has 1 aliphatic heterocycles. The van der Waals surface area contributed by atoms with Gasteiger partial charge in [-0.25, -0.2) is 8.42 Å². The van der Waals surface area contributed by atoms with Crippen molar-refractivity contribution < 1.29 is 13.2 Å². The molecule has 1 atom stereocenters. The van der Waals surface area contributed by atoms with E-state index >= 15 is 0 Å². The maximum atomic E-state index is 12.3. The number of primary amides is 1. The van der Waals surface area contributed by atoms with Crippen molar-refractivity contribution in [1.82, 2.24) is 4.31 Å². The minimum atomic E-state index is -3.53. The summed E-state index contributed by atoms with van der Waals surface area (Å²) in [5, 5.41) is 0. The van der Waals surface area contributed by atoms with Crippen LogP contribution in [-0.4, -0.2) is 31.2 Å². The molecule has 0 aromatic heterocycles. The Kier molecular flexibility index (Phi) is 3.77. The lowest BCUT2D eigenvalue weighted by Crippen LogP contribution is -2.44. The first-order valence-electron chi connectivity index (χ1n) is 6.03. The summed E-state index contributed by atoms with van der Waals surface area (Å²) < 4.78 is 25.8. The van der Waals surface area contributed by atoms with Gasteiger partial charge in [0.2, 0.25) is 15.9 Å². The first-order valence-corrected chi connectivity index (χ1v) is 7.64. The summed E-state index contributed by atoms with van der Waals surface area (Å²) in [6.07, 6.45) is 1.16. The number of amides is 1. The van der Waals surface area contributed by atoms with Crippen LogP contribution in [0, 0.1) is 0 Å². The van der Waals surface area contributed by atoms with Gasteiger partial charge in [-0.1, -0.05) is 12.1 Å². The van der Waals surface area contributed by atoms with E-state index in [1.165, 1.54) is 4.31 Å². The first-order chi connectivity index (χ1) is 8.90. The van der Waals surface area contributed by atoms with Crippen LogP contribution in [0.5, 0.6) is 0 Å². The number of hydrogen-bond acceptors (Lipinski definition) is 4. The molecule has 19 heavy (non-hydrogen) atoms. The van der Waals surface area contributed by atoms with Gasteiger partial charge in [-0.3, -0.25) is 4.79 Å². The molecule has 1 heterocycles. The molecule has 0 saturated carbocycles. The summed E-state index contributed by atoms with van der Waals surface area (Å²) >= 11 is 0. The third-order valence-electron chi connectivity index (χ3n) is 3.22. The van der Waals surface area contributed by atoms with Gasteiger partial charge in [-0.05, 0) is 30.5 Å². The maximum absolute atomic E-state index is 12.3. The largest absolute Gasteiger partial charge is 0.399 e. The number of rotatable bonds is 4. The summed E-state index contributed by atoms with van der Waals surface area (Å²) in [5.41, 5.74) is 12.0. The van der Waals surface area contributed by atoms with Crippen LogP contribution in [-0.2, 0) is 20.6 Å². The fourth-order valence-corrected chi connectivity index (χ4v) is 4.05. The van der Waals surface area contributed by atoms with Crippen LogP contribution in [0.4, 0.5) is 5.69 Å². The third-order valence-corrected chi connectivity index (χ3v) is 5.07. The van der Waals surface area contributed by atoms with Crippen LogP contribution in [0.15, 0.2) is 24.3 Å². The summed E-state index contributed by atoms with van der Waals surface area (Å²) in [6.45, 7) is 0.352. The summed E-state index contributed by atoms with van der Waals surface area (Å²) in [6, 6.07) is 5.93. The lowest BCUT2D eigenvalue weighted by molar-refractivity contribution is -0.121. The van der Waals surface area contributed by atoms with Crippen molar-refractivity contribution in [1.29, 1.82) is 0 Å². The number of hydrogen-bond donors (Lipinski definition) is 2. The van der Waals surface area contributed by atoms with E-state index in [9.17, 15) is 13.2 Å². The molecular weight excluding hydrogens is 266 g/mol. The van der Waals surface area contributed by atoms with Crippen LogP contribution < -0.4 is 11.5 Å². The number of carbonyl (C=O) groups is 1. The van der Waals surface area contributed by atoms with E-state index in [-0.39, 0.29) is 5.75 Å². The fraction of sp³-hybridized carbons (Fsp3) is 0.417. The molecular formula is C12H17N3O3S. The minimum Gasteiger partial charge on any atom is -0.399 e. The molecule has 0 spiro atoms. The zero-order valence-corrected chi connectivity index (χ0v) is 11.3. The minimum absolute atomic E-state index is 0.142. The van der Waals surface area contributed by atoms with Crippen LogP contribution >= 0.6 is 0 Å². The molecule has 1 aromatic rings. The number of nitrogen functional groups attached to an aromatic ring is 1. The monoisotopic (exact) mass is 283 g/mol. The quantitative estimate of drug-likeness (QED) is 0.761. The average molecular weight is 283 g/mol. The van der Waals surface area contributed by atoms with Crippen molar-refractivity contribution in [2.75, 3.05) is 12.3 Å². The molecule has 6 nitrogen and oxygen atoms in total. The van der Waals surface area contributed by atoms with Crippen LogP contribution in [0.3, 0.4) is 0 Å². The summed E-state index contributed by atoms with van der Waals surface area (Å²) in [7, 11) is -3.53. The Hall–Kier alpha value is -1.60. The molecule has 1 fully saturated rings. The Morgan fingerprint density at radius 1 is 1.32 bits per heavy atom. The van der Waals surface area contributed by atoms with Gasteiger partial charge in [0.25, 0.3) is 0 Å². The highest BCUT2D eigenvalue weighted by Gasteiger charge is 2.37. The van der Waals surface area contributed by atoms with E-state index in [0.29, 0.717) is 30.6 Å². The van der Waals surface area contributed by atoms with Crippen LogP contribution in [0.25, 0.3) is 0 Å². The van der Waals surface area contributed by atoms with Crippen molar-refractivity contribution >= 4 is 21.6 Å². The molecule has 0 bridgehead atoms. The molecule has 0 aliphatic carbocycles. The van der Waals surface area contributed by atoms with Gasteiger partial charge in [0.05, 0.1) is 5.75 Å². The van der Waals surface area contributed by atoms with Crippen LogP contribution in [0.1, 0.15) is 18.4 Å². The van der Waals surface area contributed by atoms with E-state index in [0.717, 1.165) is 0 Å². The standard InChI is InChI=1S/C12H17N3O3S/c13-10-5-3-9(4-6-10)8-19(17,18)15-7-1-2-11(15)12(14)16/h3-6,11H,1-2,7-8,13H2,(H2,14,16). The van der Waals surface area contributed by atoms with Gasteiger partial charge in [-0.15, -0.1) is 0 Å². The SMILES string of the molecule is NC(=O)C1CCCN1S(=O)(=O)Cc1ccc(N)cc1. The van der Waals surface area contributed by atoms with Gasteiger partial charge < -0.3 is 11.5 Å². The Morgan fingerprint density at radius 3 is 2.53 bits per heavy atom. The normalized spacial score (nSPS) is 20.5. The van der Waals surface area contributed by atoms with Crippen LogP contribution in [0.2, 0.25) is 0 Å². The zero-order chi connectivity index (χ0) is 14.0. The van der Waals surface area contributed by atoms with Gasteiger partial charge in [-0.2, -0.15) is 4.31 Å². The Balaban J connectivity index is 2.18. The second-order valence-electron chi connectivity index (χ2n) is 4.67. The van der Waals surface area contributed by atoms with E-state index in [1.807, 2.05) is 0 Å². The predicted molar refractivity (Wildman–Crippen MR) is 72.4 cm³/mol. The Morgan fingerprint density at radius 2 is 1.95 bits per heavy atom. The number of carbonyl (C=O) groups excluding carboxylic acids is 1. The van der Waals surface area contributed by atoms with Gasteiger partial charge in [0.1, 0.15) is 6.04 Å². The molecule has 4 N–H and O–H groups in total. The third kappa shape index (κ3) is 3.05. The zero-order valence-electron chi connectivity index (χ0n) is 10.5. The molecule has 1 unspecified atom stereocenters.